The fourth-order valence-corrected chi connectivity index (χ4v) is 3.55. The predicted molar refractivity (Wildman–Crippen MR) is 103 cm³/mol. The minimum absolute atomic E-state index is 0.605. The lowest BCUT2D eigenvalue weighted by molar-refractivity contribution is 0.188. The number of aromatic nitrogens is 3. The lowest BCUT2D eigenvalue weighted by Crippen LogP contribution is -2.32. The lowest BCUT2D eigenvalue weighted by Gasteiger charge is -2.28. The third-order valence-corrected chi connectivity index (χ3v) is 5.18. The summed E-state index contributed by atoms with van der Waals surface area (Å²) in [6, 6.07) is 17.2. The van der Waals surface area contributed by atoms with Gasteiger partial charge in [0.05, 0.1) is 6.67 Å². The molecule has 0 saturated carbocycles. The molecule has 0 amide bonds. The molecule has 0 spiro atoms. The van der Waals surface area contributed by atoms with Gasteiger partial charge in [-0.2, -0.15) is 4.98 Å². The number of rotatable bonds is 4. The van der Waals surface area contributed by atoms with Crippen molar-refractivity contribution in [3.05, 3.63) is 70.0 Å². The van der Waals surface area contributed by atoms with Crippen molar-refractivity contribution in [2.24, 2.45) is 0 Å². The monoisotopic (exact) mass is 350 g/mol. The Morgan fingerprint density at radius 3 is 2.60 bits per heavy atom. The van der Waals surface area contributed by atoms with Crippen molar-refractivity contribution in [3.8, 4) is 11.4 Å². The van der Waals surface area contributed by atoms with Crippen molar-refractivity contribution in [3.63, 3.8) is 0 Å². The standard InChI is InChI=1S/C20H22N4S/c1-2-15-7-9-17(10-8-15)19-21-20(25)24(22-19)14-23-12-11-16-5-3-4-6-18(16)13-23/h3-10H,2,11-14H2,1H3,(H,21,22,25). The summed E-state index contributed by atoms with van der Waals surface area (Å²) in [4.78, 5) is 6.94. The number of nitrogens with zero attached hydrogens (tertiary/aromatic N) is 3. The average Bonchev–Trinajstić information content (AvgIpc) is 3.02. The summed E-state index contributed by atoms with van der Waals surface area (Å²) in [5.74, 6) is 0.838. The summed E-state index contributed by atoms with van der Waals surface area (Å²) >= 11 is 5.46. The van der Waals surface area contributed by atoms with Crippen LogP contribution in [0.15, 0.2) is 48.5 Å². The topological polar surface area (TPSA) is 36.9 Å². The molecular weight excluding hydrogens is 328 g/mol. The first-order valence-corrected chi connectivity index (χ1v) is 9.19. The Morgan fingerprint density at radius 2 is 1.84 bits per heavy atom. The minimum atomic E-state index is 0.605. The van der Waals surface area contributed by atoms with E-state index >= 15 is 0 Å². The highest BCUT2D eigenvalue weighted by Crippen LogP contribution is 2.20. The molecule has 0 fully saturated rings. The van der Waals surface area contributed by atoms with Crippen molar-refractivity contribution < 1.29 is 0 Å². The van der Waals surface area contributed by atoms with Crippen molar-refractivity contribution in [2.75, 3.05) is 6.54 Å². The molecule has 0 atom stereocenters. The van der Waals surface area contributed by atoms with Gasteiger partial charge in [-0.05, 0) is 41.7 Å². The Balaban J connectivity index is 1.52. The van der Waals surface area contributed by atoms with Gasteiger partial charge >= 0.3 is 0 Å². The molecule has 1 aliphatic rings. The highest BCUT2D eigenvalue weighted by molar-refractivity contribution is 7.71. The molecule has 1 aliphatic heterocycles. The summed E-state index contributed by atoms with van der Waals surface area (Å²) in [5, 5.41) is 3.37. The average molecular weight is 350 g/mol. The molecule has 0 aliphatic carbocycles. The van der Waals surface area contributed by atoms with Gasteiger partial charge in [-0.25, -0.2) is 4.68 Å². The van der Waals surface area contributed by atoms with Gasteiger partial charge < -0.3 is 0 Å². The smallest absolute Gasteiger partial charge is 0.217 e. The summed E-state index contributed by atoms with van der Waals surface area (Å²) in [6.45, 7) is 4.90. The van der Waals surface area contributed by atoms with Crippen LogP contribution in [0.1, 0.15) is 23.6 Å². The van der Waals surface area contributed by atoms with Gasteiger partial charge in [0.2, 0.25) is 4.77 Å². The third-order valence-electron chi connectivity index (χ3n) is 4.87. The summed E-state index contributed by atoms with van der Waals surface area (Å²) < 4.78 is 2.57. The Hall–Kier alpha value is -2.24. The number of aryl methyl sites for hydroxylation is 1. The molecular formula is C20H22N4S. The van der Waals surface area contributed by atoms with Crippen LogP contribution in [0.5, 0.6) is 0 Å². The van der Waals surface area contributed by atoms with E-state index in [1.165, 1.54) is 16.7 Å². The maximum atomic E-state index is 5.46. The molecule has 25 heavy (non-hydrogen) atoms. The van der Waals surface area contributed by atoms with Gasteiger partial charge in [-0.1, -0.05) is 55.5 Å². The highest BCUT2D eigenvalue weighted by atomic mass is 32.1. The minimum Gasteiger partial charge on any atom is -0.280 e. The van der Waals surface area contributed by atoms with Crippen LogP contribution in [0.3, 0.4) is 0 Å². The number of H-pyrrole nitrogens is 1. The molecule has 128 valence electrons. The van der Waals surface area contributed by atoms with Crippen LogP contribution in [0.25, 0.3) is 11.4 Å². The van der Waals surface area contributed by atoms with Crippen LogP contribution in [0, 0.1) is 4.77 Å². The van der Waals surface area contributed by atoms with Crippen molar-refractivity contribution >= 4 is 12.2 Å². The Morgan fingerprint density at radius 1 is 1.08 bits per heavy atom. The first-order valence-electron chi connectivity index (χ1n) is 8.78. The van der Waals surface area contributed by atoms with E-state index in [4.69, 9.17) is 12.2 Å². The second-order valence-corrected chi connectivity index (χ2v) is 6.91. The molecule has 0 saturated heterocycles. The van der Waals surface area contributed by atoms with E-state index in [0.29, 0.717) is 4.77 Å². The van der Waals surface area contributed by atoms with E-state index in [1.54, 1.807) is 0 Å². The first-order chi connectivity index (χ1) is 12.2. The number of hydrogen-bond donors (Lipinski definition) is 1. The zero-order chi connectivity index (χ0) is 17.2. The maximum Gasteiger partial charge on any atom is 0.217 e. The maximum absolute atomic E-state index is 5.46. The number of fused-ring (bicyclic) bond motifs is 1. The molecule has 1 aromatic heterocycles. The molecule has 2 aromatic carbocycles. The predicted octanol–water partition coefficient (Wildman–Crippen LogP) is 4.19. The van der Waals surface area contributed by atoms with Crippen LogP contribution in [0.4, 0.5) is 0 Å². The van der Waals surface area contributed by atoms with Gasteiger partial charge in [0.25, 0.3) is 0 Å². The molecule has 4 nitrogen and oxygen atoms in total. The van der Waals surface area contributed by atoms with Gasteiger partial charge in [-0.3, -0.25) is 10.00 Å². The van der Waals surface area contributed by atoms with Crippen LogP contribution >= 0.6 is 12.2 Å². The molecule has 4 rings (SSSR count). The second kappa shape index (κ2) is 6.94. The number of hydrogen-bond acceptors (Lipinski definition) is 3. The molecule has 3 aromatic rings. The normalized spacial score (nSPS) is 14.4. The Kier molecular flexibility index (Phi) is 4.51. The molecule has 0 bridgehead atoms. The van der Waals surface area contributed by atoms with Crippen molar-refractivity contribution in [1.82, 2.24) is 19.7 Å². The van der Waals surface area contributed by atoms with Gasteiger partial charge in [0.15, 0.2) is 5.82 Å². The van der Waals surface area contributed by atoms with E-state index in [0.717, 1.165) is 44.0 Å². The largest absolute Gasteiger partial charge is 0.280 e. The number of nitrogens with one attached hydrogen (secondary N) is 1. The third kappa shape index (κ3) is 3.43. The summed E-state index contributed by atoms with van der Waals surface area (Å²) in [7, 11) is 0. The van der Waals surface area contributed by atoms with Crippen LogP contribution in [-0.4, -0.2) is 26.2 Å². The molecule has 0 unspecified atom stereocenters. The van der Waals surface area contributed by atoms with E-state index in [1.807, 2.05) is 4.68 Å². The summed E-state index contributed by atoms with van der Waals surface area (Å²) in [6.07, 6.45) is 2.13. The molecule has 5 heteroatoms. The molecule has 0 radical (unpaired) electrons. The van der Waals surface area contributed by atoms with Crippen LogP contribution < -0.4 is 0 Å². The SMILES string of the molecule is CCc1ccc(-c2nc(=S)n(CN3CCc4ccccc4C3)[nH]2)cc1. The lowest BCUT2D eigenvalue weighted by atomic mass is 10.0. The van der Waals surface area contributed by atoms with Crippen molar-refractivity contribution in [1.29, 1.82) is 0 Å². The fourth-order valence-electron chi connectivity index (χ4n) is 3.35. The van der Waals surface area contributed by atoms with Crippen LogP contribution in [0.2, 0.25) is 0 Å². The Bertz CT molecular complexity index is 923. The molecule has 1 N–H and O–H groups in total. The molecule has 2 heterocycles. The van der Waals surface area contributed by atoms with Crippen molar-refractivity contribution in [2.45, 2.75) is 33.0 Å². The fraction of sp³-hybridized carbons (Fsp3) is 0.300. The van der Waals surface area contributed by atoms with E-state index in [2.05, 4.69) is 70.4 Å². The first kappa shape index (κ1) is 16.2. The van der Waals surface area contributed by atoms with Gasteiger partial charge in [-0.15, -0.1) is 0 Å². The number of aromatic amines is 1. The van der Waals surface area contributed by atoms with Crippen LogP contribution in [-0.2, 0) is 26.1 Å². The van der Waals surface area contributed by atoms with E-state index in [9.17, 15) is 0 Å². The summed E-state index contributed by atoms with van der Waals surface area (Å²) in [5.41, 5.74) is 5.28. The van der Waals surface area contributed by atoms with Gasteiger partial charge in [0, 0.05) is 18.7 Å². The number of benzene rings is 2. The van der Waals surface area contributed by atoms with E-state index in [-0.39, 0.29) is 0 Å². The zero-order valence-electron chi connectivity index (χ0n) is 14.4. The van der Waals surface area contributed by atoms with E-state index < -0.39 is 0 Å². The zero-order valence-corrected chi connectivity index (χ0v) is 15.2. The highest BCUT2D eigenvalue weighted by Gasteiger charge is 2.16. The quantitative estimate of drug-likeness (QED) is 0.717. The Labute approximate surface area is 153 Å². The second-order valence-electron chi connectivity index (χ2n) is 6.55. The van der Waals surface area contributed by atoms with Gasteiger partial charge in [0.1, 0.15) is 0 Å².